The monoisotopic (exact) mass is 170 g/mol. The summed E-state index contributed by atoms with van der Waals surface area (Å²) >= 11 is 0. The van der Waals surface area contributed by atoms with E-state index in [1.165, 1.54) is 5.57 Å². The van der Waals surface area contributed by atoms with Gasteiger partial charge in [0.1, 0.15) is 0 Å². The maximum absolute atomic E-state index is 10.2. The Bertz CT molecular complexity index is 171. The van der Waals surface area contributed by atoms with Gasteiger partial charge in [0.2, 0.25) is 0 Å². The Morgan fingerprint density at radius 1 is 1.58 bits per heavy atom. The molecule has 0 saturated heterocycles. The summed E-state index contributed by atoms with van der Waals surface area (Å²) in [6.45, 7) is 6.36. The number of carbonyl (C=O) groups is 1. The molecule has 0 fully saturated rings. The molecule has 12 heavy (non-hydrogen) atoms. The first kappa shape index (κ1) is 11.2. The number of rotatable bonds is 5. The van der Waals surface area contributed by atoms with E-state index in [1.54, 1.807) is 0 Å². The van der Waals surface area contributed by atoms with Crippen molar-refractivity contribution in [1.82, 2.24) is 0 Å². The van der Waals surface area contributed by atoms with E-state index in [9.17, 15) is 4.79 Å². The Morgan fingerprint density at radius 3 is 2.58 bits per heavy atom. The highest BCUT2D eigenvalue weighted by Gasteiger charge is 2.00. The highest BCUT2D eigenvalue weighted by molar-refractivity contribution is 5.66. The first-order valence-electron chi connectivity index (χ1n) is 4.46. The highest BCUT2D eigenvalue weighted by atomic mass is 16.4. The molecule has 1 atom stereocenters. The second-order valence-corrected chi connectivity index (χ2v) is 3.19. The van der Waals surface area contributed by atoms with Crippen molar-refractivity contribution in [3.8, 4) is 0 Å². The topological polar surface area (TPSA) is 37.3 Å². The lowest BCUT2D eigenvalue weighted by atomic mass is 9.99. The Hall–Kier alpha value is -0.790. The number of carboxylic acids is 1. The van der Waals surface area contributed by atoms with Crippen molar-refractivity contribution < 1.29 is 9.90 Å². The van der Waals surface area contributed by atoms with Gasteiger partial charge in [-0.15, -0.1) is 0 Å². The summed E-state index contributed by atoms with van der Waals surface area (Å²) in [5, 5.41) is 8.39. The minimum atomic E-state index is -0.719. The second kappa shape index (κ2) is 5.81. The lowest BCUT2D eigenvalue weighted by Gasteiger charge is -2.07. The summed E-state index contributed by atoms with van der Waals surface area (Å²) in [4.78, 5) is 10.2. The van der Waals surface area contributed by atoms with E-state index in [0.29, 0.717) is 12.3 Å². The van der Waals surface area contributed by atoms with E-state index in [1.807, 2.05) is 6.08 Å². The van der Waals surface area contributed by atoms with Gasteiger partial charge in [-0.25, -0.2) is 0 Å². The van der Waals surface area contributed by atoms with E-state index in [0.717, 1.165) is 6.42 Å². The Labute approximate surface area is 74.3 Å². The molecule has 2 nitrogen and oxygen atoms in total. The maximum Gasteiger partial charge on any atom is 0.303 e. The Kier molecular flexibility index (Phi) is 5.43. The van der Waals surface area contributed by atoms with Crippen LogP contribution in [0.2, 0.25) is 0 Å². The van der Waals surface area contributed by atoms with Crippen LogP contribution in [-0.4, -0.2) is 11.1 Å². The molecule has 0 radical (unpaired) electrons. The van der Waals surface area contributed by atoms with Gasteiger partial charge in [-0.05, 0) is 25.7 Å². The van der Waals surface area contributed by atoms with Crippen molar-refractivity contribution in [3.63, 3.8) is 0 Å². The summed E-state index contributed by atoms with van der Waals surface area (Å²) in [6.07, 6.45) is 4.05. The minimum absolute atomic E-state index is 0.244. The predicted octanol–water partition coefficient (Wildman–Crippen LogP) is 2.84. The van der Waals surface area contributed by atoms with Gasteiger partial charge in [-0.2, -0.15) is 0 Å². The molecule has 0 bridgehead atoms. The van der Waals surface area contributed by atoms with Crippen LogP contribution in [0.1, 0.15) is 40.0 Å². The van der Waals surface area contributed by atoms with Crippen LogP contribution in [0.15, 0.2) is 11.6 Å². The fraction of sp³-hybridized carbons (Fsp3) is 0.700. The third-order valence-corrected chi connectivity index (χ3v) is 2.21. The fourth-order valence-corrected chi connectivity index (χ4v) is 0.946. The molecule has 0 heterocycles. The summed E-state index contributed by atoms with van der Waals surface area (Å²) in [6, 6.07) is 0. The van der Waals surface area contributed by atoms with Crippen LogP contribution in [0, 0.1) is 5.92 Å². The zero-order chi connectivity index (χ0) is 9.56. The SMILES string of the molecule is CCC(C)/C(C)=C/CCC(=O)O. The molecule has 0 saturated carbocycles. The van der Waals surface area contributed by atoms with Crippen LogP contribution in [0.5, 0.6) is 0 Å². The van der Waals surface area contributed by atoms with Gasteiger partial charge < -0.3 is 5.11 Å². The fourth-order valence-electron chi connectivity index (χ4n) is 0.946. The van der Waals surface area contributed by atoms with Crippen molar-refractivity contribution in [2.24, 2.45) is 5.92 Å². The number of allylic oxidation sites excluding steroid dienone is 2. The van der Waals surface area contributed by atoms with Crippen molar-refractivity contribution >= 4 is 5.97 Å². The van der Waals surface area contributed by atoms with E-state index in [-0.39, 0.29) is 6.42 Å². The summed E-state index contributed by atoms with van der Waals surface area (Å²) in [7, 11) is 0. The molecular formula is C10H18O2. The second-order valence-electron chi connectivity index (χ2n) is 3.19. The van der Waals surface area contributed by atoms with Gasteiger partial charge in [0.25, 0.3) is 0 Å². The van der Waals surface area contributed by atoms with Crippen LogP contribution >= 0.6 is 0 Å². The standard InChI is InChI=1S/C10H18O2/c1-4-8(2)9(3)6-5-7-10(11)12/h6,8H,4-5,7H2,1-3H3,(H,11,12)/b9-6+. The van der Waals surface area contributed by atoms with Crippen LogP contribution in [0.4, 0.5) is 0 Å². The van der Waals surface area contributed by atoms with E-state index in [4.69, 9.17) is 5.11 Å². The van der Waals surface area contributed by atoms with Crippen molar-refractivity contribution in [2.75, 3.05) is 0 Å². The molecule has 2 heteroatoms. The van der Waals surface area contributed by atoms with Crippen LogP contribution < -0.4 is 0 Å². The largest absolute Gasteiger partial charge is 0.481 e. The molecule has 0 spiro atoms. The molecule has 0 aliphatic carbocycles. The molecule has 0 aromatic rings. The van der Waals surface area contributed by atoms with Crippen LogP contribution in [0.3, 0.4) is 0 Å². The van der Waals surface area contributed by atoms with Gasteiger partial charge in [0.05, 0.1) is 0 Å². The van der Waals surface area contributed by atoms with Gasteiger partial charge in [0, 0.05) is 6.42 Å². The van der Waals surface area contributed by atoms with Crippen molar-refractivity contribution in [2.45, 2.75) is 40.0 Å². The van der Waals surface area contributed by atoms with Crippen molar-refractivity contribution in [1.29, 1.82) is 0 Å². The average Bonchev–Trinajstić information content (AvgIpc) is 2.02. The lowest BCUT2D eigenvalue weighted by molar-refractivity contribution is -0.136. The summed E-state index contributed by atoms with van der Waals surface area (Å²) < 4.78 is 0. The Balaban J connectivity index is 3.76. The van der Waals surface area contributed by atoms with Gasteiger partial charge in [-0.3, -0.25) is 4.79 Å². The third kappa shape index (κ3) is 4.94. The number of hydrogen-bond acceptors (Lipinski definition) is 1. The number of hydrogen-bond donors (Lipinski definition) is 1. The first-order chi connectivity index (χ1) is 5.57. The molecule has 70 valence electrons. The molecule has 0 aromatic carbocycles. The van der Waals surface area contributed by atoms with Gasteiger partial charge in [0.15, 0.2) is 0 Å². The maximum atomic E-state index is 10.2. The highest BCUT2D eigenvalue weighted by Crippen LogP contribution is 2.13. The average molecular weight is 170 g/mol. The molecule has 0 aliphatic heterocycles. The minimum Gasteiger partial charge on any atom is -0.481 e. The molecule has 0 aromatic heterocycles. The first-order valence-corrected chi connectivity index (χ1v) is 4.46. The van der Waals surface area contributed by atoms with Crippen molar-refractivity contribution in [3.05, 3.63) is 11.6 Å². The third-order valence-electron chi connectivity index (χ3n) is 2.21. The van der Waals surface area contributed by atoms with Crippen LogP contribution in [0.25, 0.3) is 0 Å². The molecule has 0 amide bonds. The molecule has 0 rings (SSSR count). The quantitative estimate of drug-likeness (QED) is 0.644. The zero-order valence-corrected chi connectivity index (χ0v) is 8.13. The molecule has 1 N–H and O–H groups in total. The van der Waals surface area contributed by atoms with E-state index >= 15 is 0 Å². The summed E-state index contributed by atoms with van der Waals surface area (Å²) in [5.41, 5.74) is 1.30. The number of carboxylic acid groups (broad SMARTS) is 1. The predicted molar refractivity (Wildman–Crippen MR) is 50.1 cm³/mol. The summed E-state index contributed by atoms with van der Waals surface area (Å²) in [5.74, 6) is -0.137. The smallest absolute Gasteiger partial charge is 0.303 e. The molecule has 0 aliphatic rings. The van der Waals surface area contributed by atoms with E-state index in [2.05, 4.69) is 20.8 Å². The van der Waals surface area contributed by atoms with Gasteiger partial charge >= 0.3 is 5.97 Å². The van der Waals surface area contributed by atoms with E-state index < -0.39 is 5.97 Å². The zero-order valence-electron chi connectivity index (χ0n) is 8.13. The number of aliphatic carboxylic acids is 1. The van der Waals surface area contributed by atoms with Crippen LogP contribution in [-0.2, 0) is 4.79 Å². The molecule has 1 unspecified atom stereocenters. The Morgan fingerprint density at radius 2 is 2.17 bits per heavy atom. The lowest BCUT2D eigenvalue weighted by Crippen LogP contribution is -1.96. The van der Waals surface area contributed by atoms with Gasteiger partial charge in [-0.1, -0.05) is 25.5 Å². The molecular weight excluding hydrogens is 152 g/mol. The normalized spacial score (nSPS) is 14.4.